The molecule has 0 aromatic heterocycles. The van der Waals surface area contributed by atoms with E-state index in [0.717, 1.165) is 57.9 Å². The molecular formula is C15H28N4O2. The van der Waals surface area contributed by atoms with Crippen LogP contribution < -0.4 is 10.6 Å². The number of rotatable bonds is 6. The number of ether oxygens (including phenoxy) is 1. The lowest BCUT2D eigenvalue weighted by Crippen LogP contribution is -2.40. The van der Waals surface area contributed by atoms with Crippen LogP contribution in [0.3, 0.4) is 0 Å². The lowest BCUT2D eigenvalue weighted by Gasteiger charge is -2.16. The first-order valence-corrected chi connectivity index (χ1v) is 8.21. The fourth-order valence-electron chi connectivity index (χ4n) is 2.74. The molecule has 1 amide bonds. The van der Waals surface area contributed by atoms with E-state index < -0.39 is 0 Å². The van der Waals surface area contributed by atoms with E-state index in [0.29, 0.717) is 19.5 Å². The second kappa shape index (κ2) is 8.87. The van der Waals surface area contributed by atoms with Crippen molar-refractivity contribution in [2.24, 2.45) is 4.99 Å². The number of hydrogen-bond donors (Lipinski definition) is 2. The Hall–Kier alpha value is -1.30. The molecule has 21 heavy (non-hydrogen) atoms. The van der Waals surface area contributed by atoms with Crippen molar-refractivity contribution >= 4 is 11.9 Å². The van der Waals surface area contributed by atoms with E-state index in [1.807, 2.05) is 11.8 Å². The summed E-state index contributed by atoms with van der Waals surface area (Å²) in [6.45, 7) is 6.88. The summed E-state index contributed by atoms with van der Waals surface area (Å²) in [4.78, 5) is 18.4. The van der Waals surface area contributed by atoms with Gasteiger partial charge in [0.25, 0.3) is 0 Å². The molecule has 0 aromatic rings. The number of nitrogens with zero attached hydrogens (tertiary/aromatic N) is 2. The average Bonchev–Trinajstić information content (AvgIpc) is 3.17. The molecule has 0 aromatic carbocycles. The van der Waals surface area contributed by atoms with E-state index in [2.05, 4.69) is 15.6 Å². The van der Waals surface area contributed by atoms with Gasteiger partial charge in [-0.2, -0.15) is 0 Å². The Labute approximate surface area is 127 Å². The minimum Gasteiger partial charge on any atom is -0.376 e. The molecule has 2 saturated heterocycles. The molecule has 0 aliphatic carbocycles. The van der Waals surface area contributed by atoms with Crippen LogP contribution in [0.4, 0.5) is 0 Å². The molecular weight excluding hydrogens is 268 g/mol. The molecule has 1 unspecified atom stereocenters. The highest BCUT2D eigenvalue weighted by Crippen LogP contribution is 2.11. The third kappa shape index (κ3) is 5.53. The van der Waals surface area contributed by atoms with Crippen molar-refractivity contribution in [3.8, 4) is 0 Å². The molecule has 6 heteroatoms. The van der Waals surface area contributed by atoms with Gasteiger partial charge in [0, 0.05) is 39.2 Å². The normalized spacial score (nSPS) is 22.6. The maximum Gasteiger partial charge on any atom is 0.224 e. The first kappa shape index (κ1) is 16.1. The van der Waals surface area contributed by atoms with Crippen molar-refractivity contribution in [2.75, 3.05) is 39.3 Å². The quantitative estimate of drug-likeness (QED) is 0.560. The van der Waals surface area contributed by atoms with Crippen LogP contribution in [0.5, 0.6) is 0 Å². The van der Waals surface area contributed by atoms with Crippen molar-refractivity contribution in [1.82, 2.24) is 15.5 Å². The van der Waals surface area contributed by atoms with Gasteiger partial charge < -0.3 is 20.3 Å². The van der Waals surface area contributed by atoms with Crippen LogP contribution in [0.1, 0.15) is 39.0 Å². The van der Waals surface area contributed by atoms with Gasteiger partial charge in [-0.25, -0.2) is 0 Å². The highest BCUT2D eigenvalue weighted by Gasteiger charge is 2.17. The average molecular weight is 296 g/mol. The smallest absolute Gasteiger partial charge is 0.224 e. The lowest BCUT2D eigenvalue weighted by molar-refractivity contribution is -0.129. The van der Waals surface area contributed by atoms with Crippen molar-refractivity contribution in [2.45, 2.75) is 45.1 Å². The minimum atomic E-state index is 0.245. The molecule has 0 saturated carbocycles. The number of likely N-dealkylation sites (tertiary alicyclic amines) is 1. The number of carbonyl (C=O) groups is 1. The molecule has 2 N–H and O–H groups in total. The lowest BCUT2D eigenvalue weighted by atomic mass is 10.2. The van der Waals surface area contributed by atoms with Crippen LogP contribution >= 0.6 is 0 Å². The Balaban J connectivity index is 1.68. The molecule has 2 fully saturated rings. The van der Waals surface area contributed by atoms with Gasteiger partial charge in [0.1, 0.15) is 0 Å². The number of carbonyl (C=O) groups excluding carboxylic acids is 1. The first-order chi connectivity index (χ1) is 10.3. The minimum absolute atomic E-state index is 0.245. The van der Waals surface area contributed by atoms with E-state index in [1.165, 1.54) is 0 Å². The second-order valence-electron chi connectivity index (χ2n) is 5.62. The van der Waals surface area contributed by atoms with Crippen LogP contribution in [0.25, 0.3) is 0 Å². The van der Waals surface area contributed by atoms with Gasteiger partial charge in [0.05, 0.1) is 12.6 Å². The van der Waals surface area contributed by atoms with E-state index in [1.54, 1.807) is 0 Å². The van der Waals surface area contributed by atoms with Gasteiger partial charge in [-0.05, 0) is 32.6 Å². The summed E-state index contributed by atoms with van der Waals surface area (Å²) in [5, 5.41) is 6.44. The summed E-state index contributed by atoms with van der Waals surface area (Å²) in [5.74, 6) is 1.03. The van der Waals surface area contributed by atoms with Crippen LogP contribution in [-0.2, 0) is 9.53 Å². The summed E-state index contributed by atoms with van der Waals surface area (Å²) in [6.07, 6.45) is 5.30. The Morgan fingerprint density at radius 1 is 1.29 bits per heavy atom. The number of aliphatic imine (C=N–C) groups is 1. The van der Waals surface area contributed by atoms with Gasteiger partial charge in [0.15, 0.2) is 5.96 Å². The maximum atomic E-state index is 12.0. The zero-order valence-corrected chi connectivity index (χ0v) is 13.1. The molecule has 6 nitrogen and oxygen atoms in total. The number of amides is 1. The van der Waals surface area contributed by atoms with E-state index in [4.69, 9.17) is 4.74 Å². The van der Waals surface area contributed by atoms with Crippen molar-refractivity contribution < 1.29 is 9.53 Å². The monoisotopic (exact) mass is 296 g/mol. The van der Waals surface area contributed by atoms with E-state index >= 15 is 0 Å². The van der Waals surface area contributed by atoms with Crippen molar-refractivity contribution in [3.63, 3.8) is 0 Å². The Bertz CT molecular complexity index is 348. The second-order valence-corrected chi connectivity index (χ2v) is 5.62. The predicted molar refractivity (Wildman–Crippen MR) is 83.4 cm³/mol. The zero-order chi connectivity index (χ0) is 14.9. The molecule has 0 bridgehead atoms. The fraction of sp³-hybridized carbons (Fsp3) is 0.867. The van der Waals surface area contributed by atoms with Crippen LogP contribution in [0, 0.1) is 0 Å². The molecule has 2 aliphatic rings. The van der Waals surface area contributed by atoms with E-state index in [9.17, 15) is 4.79 Å². The van der Waals surface area contributed by atoms with Crippen LogP contribution in [0.15, 0.2) is 4.99 Å². The highest BCUT2D eigenvalue weighted by atomic mass is 16.5. The Kier molecular flexibility index (Phi) is 6.79. The first-order valence-electron chi connectivity index (χ1n) is 8.21. The maximum absolute atomic E-state index is 12.0. The molecule has 2 rings (SSSR count). The molecule has 1 atom stereocenters. The summed E-state index contributed by atoms with van der Waals surface area (Å²) in [6, 6.07) is 0. The predicted octanol–water partition coefficient (Wildman–Crippen LogP) is 0.733. The number of hydrogen-bond acceptors (Lipinski definition) is 3. The Morgan fingerprint density at radius 3 is 2.76 bits per heavy atom. The van der Waals surface area contributed by atoms with Gasteiger partial charge in [0.2, 0.25) is 5.91 Å². The van der Waals surface area contributed by atoms with Gasteiger partial charge >= 0.3 is 0 Å². The van der Waals surface area contributed by atoms with Crippen LogP contribution in [-0.4, -0.2) is 62.2 Å². The summed E-state index contributed by atoms with van der Waals surface area (Å²) < 4.78 is 5.57. The van der Waals surface area contributed by atoms with Gasteiger partial charge in [-0.3, -0.25) is 9.79 Å². The van der Waals surface area contributed by atoms with Crippen LogP contribution in [0.2, 0.25) is 0 Å². The number of nitrogens with one attached hydrogen (secondary N) is 2. The summed E-state index contributed by atoms with van der Waals surface area (Å²) in [5.41, 5.74) is 0. The third-order valence-electron chi connectivity index (χ3n) is 3.91. The highest BCUT2D eigenvalue weighted by molar-refractivity contribution is 5.81. The van der Waals surface area contributed by atoms with E-state index in [-0.39, 0.29) is 12.0 Å². The van der Waals surface area contributed by atoms with Crippen molar-refractivity contribution in [3.05, 3.63) is 0 Å². The molecule has 0 spiro atoms. The largest absolute Gasteiger partial charge is 0.376 e. The molecule has 2 heterocycles. The summed E-state index contributed by atoms with van der Waals surface area (Å²) in [7, 11) is 0. The number of guanidine groups is 1. The third-order valence-corrected chi connectivity index (χ3v) is 3.91. The van der Waals surface area contributed by atoms with Crippen molar-refractivity contribution in [1.29, 1.82) is 0 Å². The molecule has 0 radical (unpaired) electrons. The van der Waals surface area contributed by atoms with Gasteiger partial charge in [-0.1, -0.05) is 0 Å². The standard InChI is InChI=1S/C15H28N4O2/c1-2-16-15(18-12-13-6-5-11-21-13)17-8-7-14(20)19-9-3-4-10-19/h13H,2-12H2,1H3,(H2,16,17,18). The topological polar surface area (TPSA) is 66.0 Å². The molecule has 120 valence electrons. The van der Waals surface area contributed by atoms with Gasteiger partial charge in [-0.15, -0.1) is 0 Å². The molecule has 2 aliphatic heterocycles. The zero-order valence-electron chi connectivity index (χ0n) is 13.1. The SMILES string of the molecule is CCNC(=NCC1CCCO1)NCCC(=O)N1CCCC1. The Morgan fingerprint density at radius 2 is 2.10 bits per heavy atom. The fourth-order valence-corrected chi connectivity index (χ4v) is 2.74. The summed E-state index contributed by atoms with van der Waals surface area (Å²) >= 11 is 0.